The standard InChI is InChI=1S/C17H19N3O2/c1-2-8-17(16(21)22)11-20(12-17)10-14-9-18-19-15(14)13-6-4-3-5-7-13/h2-7,9H,1,8,10-12H2,(H,18,19)(H,21,22). The Morgan fingerprint density at radius 1 is 1.41 bits per heavy atom. The van der Waals surface area contributed by atoms with E-state index in [1.54, 1.807) is 6.08 Å². The van der Waals surface area contributed by atoms with Gasteiger partial charge in [0.1, 0.15) is 0 Å². The van der Waals surface area contributed by atoms with Crippen LogP contribution in [0.15, 0.2) is 49.2 Å². The van der Waals surface area contributed by atoms with Crippen LogP contribution < -0.4 is 0 Å². The fourth-order valence-corrected chi connectivity index (χ4v) is 3.08. The molecule has 114 valence electrons. The number of rotatable bonds is 6. The first kappa shape index (κ1) is 14.5. The molecule has 1 fully saturated rings. The lowest BCUT2D eigenvalue weighted by Crippen LogP contribution is -2.59. The van der Waals surface area contributed by atoms with Crippen molar-refractivity contribution in [1.29, 1.82) is 0 Å². The summed E-state index contributed by atoms with van der Waals surface area (Å²) in [6.07, 6.45) is 4.02. The number of hydrogen-bond donors (Lipinski definition) is 2. The number of H-pyrrole nitrogens is 1. The van der Waals surface area contributed by atoms with Crippen molar-refractivity contribution in [3.63, 3.8) is 0 Å². The zero-order chi connectivity index (χ0) is 15.6. The maximum absolute atomic E-state index is 11.4. The smallest absolute Gasteiger partial charge is 0.312 e. The number of carbonyl (C=O) groups is 1. The van der Waals surface area contributed by atoms with Crippen LogP contribution in [0.2, 0.25) is 0 Å². The first-order valence-electron chi connectivity index (χ1n) is 7.29. The summed E-state index contributed by atoms with van der Waals surface area (Å²) < 4.78 is 0. The van der Waals surface area contributed by atoms with E-state index < -0.39 is 11.4 Å². The predicted octanol–water partition coefficient (Wildman–Crippen LogP) is 2.54. The highest BCUT2D eigenvalue weighted by Gasteiger charge is 2.48. The van der Waals surface area contributed by atoms with Gasteiger partial charge in [-0.2, -0.15) is 5.10 Å². The molecule has 0 amide bonds. The van der Waals surface area contributed by atoms with Crippen molar-refractivity contribution < 1.29 is 9.90 Å². The Morgan fingerprint density at radius 2 is 2.14 bits per heavy atom. The normalized spacial score (nSPS) is 16.9. The lowest BCUT2D eigenvalue weighted by atomic mass is 9.76. The molecule has 2 heterocycles. The van der Waals surface area contributed by atoms with Gasteiger partial charge in [0, 0.05) is 25.2 Å². The number of aliphatic carboxylic acids is 1. The molecule has 0 atom stereocenters. The number of nitrogens with zero attached hydrogens (tertiary/aromatic N) is 2. The number of hydrogen-bond acceptors (Lipinski definition) is 3. The van der Waals surface area contributed by atoms with Gasteiger partial charge < -0.3 is 5.11 Å². The quantitative estimate of drug-likeness (QED) is 0.804. The average Bonchev–Trinajstić information content (AvgIpc) is 2.93. The van der Waals surface area contributed by atoms with Crippen LogP contribution in [0.1, 0.15) is 12.0 Å². The molecule has 2 aromatic rings. The fourth-order valence-electron chi connectivity index (χ4n) is 3.08. The van der Waals surface area contributed by atoms with Crippen molar-refractivity contribution in [2.24, 2.45) is 5.41 Å². The third-order valence-electron chi connectivity index (χ3n) is 4.22. The van der Waals surface area contributed by atoms with Crippen LogP contribution in [0.25, 0.3) is 11.3 Å². The van der Waals surface area contributed by atoms with E-state index in [9.17, 15) is 9.90 Å². The predicted molar refractivity (Wildman–Crippen MR) is 84.2 cm³/mol. The molecule has 0 aliphatic carbocycles. The summed E-state index contributed by atoms with van der Waals surface area (Å²) in [6, 6.07) is 10.0. The molecule has 0 radical (unpaired) electrons. The molecule has 3 rings (SSSR count). The summed E-state index contributed by atoms with van der Waals surface area (Å²) in [6.45, 7) is 5.47. The van der Waals surface area contributed by atoms with E-state index >= 15 is 0 Å². The van der Waals surface area contributed by atoms with Crippen molar-refractivity contribution in [3.05, 3.63) is 54.7 Å². The van der Waals surface area contributed by atoms with Gasteiger partial charge in [-0.3, -0.25) is 14.8 Å². The number of benzene rings is 1. The molecule has 0 unspecified atom stereocenters. The Morgan fingerprint density at radius 3 is 2.77 bits per heavy atom. The largest absolute Gasteiger partial charge is 0.481 e. The van der Waals surface area contributed by atoms with Crippen molar-refractivity contribution in [1.82, 2.24) is 15.1 Å². The van der Waals surface area contributed by atoms with Crippen LogP contribution in [0.4, 0.5) is 0 Å². The highest BCUT2D eigenvalue weighted by Crippen LogP contribution is 2.36. The summed E-state index contributed by atoms with van der Waals surface area (Å²) in [4.78, 5) is 13.6. The van der Waals surface area contributed by atoms with Gasteiger partial charge >= 0.3 is 5.97 Å². The Labute approximate surface area is 129 Å². The minimum absolute atomic E-state index is 0.510. The van der Waals surface area contributed by atoms with Crippen LogP contribution >= 0.6 is 0 Å². The molecule has 5 nitrogen and oxygen atoms in total. The summed E-state index contributed by atoms with van der Waals surface area (Å²) in [5, 5.41) is 16.6. The lowest BCUT2D eigenvalue weighted by molar-refractivity contribution is -0.160. The van der Waals surface area contributed by atoms with Crippen LogP contribution in [0.5, 0.6) is 0 Å². The summed E-state index contributed by atoms with van der Waals surface area (Å²) in [7, 11) is 0. The summed E-state index contributed by atoms with van der Waals surface area (Å²) >= 11 is 0. The van der Waals surface area contributed by atoms with Gasteiger partial charge in [-0.25, -0.2) is 0 Å². The first-order valence-corrected chi connectivity index (χ1v) is 7.29. The van der Waals surface area contributed by atoms with Gasteiger partial charge in [-0.1, -0.05) is 36.4 Å². The SMILES string of the molecule is C=CCC1(C(=O)O)CN(Cc2cn[nH]c2-c2ccccc2)C1. The number of nitrogens with one attached hydrogen (secondary N) is 1. The fraction of sp³-hybridized carbons (Fsp3) is 0.294. The maximum Gasteiger partial charge on any atom is 0.312 e. The van der Waals surface area contributed by atoms with E-state index in [0.717, 1.165) is 16.8 Å². The first-order chi connectivity index (χ1) is 10.6. The second-order valence-corrected chi connectivity index (χ2v) is 5.86. The van der Waals surface area contributed by atoms with E-state index in [0.29, 0.717) is 26.1 Å². The van der Waals surface area contributed by atoms with E-state index in [2.05, 4.69) is 21.7 Å². The molecule has 5 heteroatoms. The third-order valence-corrected chi connectivity index (χ3v) is 4.22. The molecule has 0 spiro atoms. The number of aromatic nitrogens is 2. The number of likely N-dealkylation sites (tertiary alicyclic amines) is 1. The van der Waals surface area contributed by atoms with Crippen LogP contribution in [0, 0.1) is 5.41 Å². The molecule has 2 N–H and O–H groups in total. The van der Waals surface area contributed by atoms with Crippen LogP contribution in [-0.2, 0) is 11.3 Å². The highest BCUT2D eigenvalue weighted by molar-refractivity contribution is 5.77. The van der Waals surface area contributed by atoms with Crippen molar-refractivity contribution >= 4 is 5.97 Å². The number of carboxylic acid groups (broad SMARTS) is 1. The number of carboxylic acids is 1. The van der Waals surface area contributed by atoms with E-state index in [1.165, 1.54) is 0 Å². The molecular weight excluding hydrogens is 278 g/mol. The minimum atomic E-state index is -0.737. The van der Waals surface area contributed by atoms with Crippen LogP contribution in [0.3, 0.4) is 0 Å². The lowest BCUT2D eigenvalue weighted by Gasteiger charge is -2.46. The van der Waals surface area contributed by atoms with E-state index in [-0.39, 0.29) is 0 Å². The summed E-state index contributed by atoms with van der Waals surface area (Å²) in [5.41, 5.74) is 2.50. The topological polar surface area (TPSA) is 69.2 Å². The monoisotopic (exact) mass is 297 g/mol. The molecule has 0 bridgehead atoms. The zero-order valence-electron chi connectivity index (χ0n) is 12.3. The van der Waals surface area contributed by atoms with Crippen LogP contribution in [-0.4, -0.2) is 39.3 Å². The zero-order valence-corrected chi connectivity index (χ0v) is 12.3. The summed E-state index contributed by atoms with van der Waals surface area (Å²) in [5.74, 6) is -0.737. The van der Waals surface area contributed by atoms with E-state index in [1.807, 2.05) is 36.5 Å². The Bertz CT molecular complexity index is 672. The van der Waals surface area contributed by atoms with Gasteiger partial charge in [-0.15, -0.1) is 6.58 Å². The second kappa shape index (κ2) is 5.77. The number of aromatic amines is 1. The number of allylic oxidation sites excluding steroid dienone is 1. The average molecular weight is 297 g/mol. The molecule has 22 heavy (non-hydrogen) atoms. The second-order valence-electron chi connectivity index (χ2n) is 5.86. The van der Waals surface area contributed by atoms with Crippen molar-refractivity contribution in [2.75, 3.05) is 13.1 Å². The van der Waals surface area contributed by atoms with Crippen molar-refractivity contribution in [2.45, 2.75) is 13.0 Å². The van der Waals surface area contributed by atoms with Gasteiger partial charge in [0.25, 0.3) is 0 Å². The van der Waals surface area contributed by atoms with Gasteiger partial charge in [0.15, 0.2) is 0 Å². The third kappa shape index (κ3) is 2.55. The minimum Gasteiger partial charge on any atom is -0.481 e. The molecule has 1 aliphatic rings. The van der Waals surface area contributed by atoms with Crippen molar-refractivity contribution in [3.8, 4) is 11.3 Å². The molecule has 0 saturated carbocycles. The molecule has 1 aromatic carbocycles. The van der Waals surface area contributed by atoms with Gasteiger partial charge in [-0.05, 0) is 12.0 Å². The van der Waals surface area contributed by atoms with E-state index in [4.69, 9.17) is 0 Å². The highest BCUT2D eigenvalue weighted by atomic mass is 16.4. The molecular formula is C17H19N3O2. The molecule has 1 aliphatic heterocycles. The molecule has 1 aromatic heterocycles. The Kier molecular flexibility index (Phi) is 3.81. The molecule has 1 saturated heterocycles. The maximum atomic E-state index is 11.4. The Hall–Kier alpha value is -2.40. The van der Waals surface area contributed by atoms with Gasteiger partial charge in [0.05, 0.1) is 17.3 Å². The van der Waals surface area contributed by atoms with Gasteiger partial charge in [0.2, 0.25) is 0 Å². The Balaban J connectivity index is 1.71.